The number of carbonyl (C=O) groups is 3. The van der Waals surface area contributed by atoms with Crippen molar-refractivity contribution < 1.29 is 24.2 Å². The molecule has 2 aliphatic rings. The number of alkyl carbamates (subject to hydrolysis) is 1. The Morgan fingerprint density at radius 2 is 1.59 bits per heavy atom. The number of ether oxygens (including phenoxy) is 1. The quantitative estimate of drug-likeness (QED) is 0.535. The van der Waals surface area contributed by atoms with Crippen LogP contribution in [0.15, 0.2) is 48.5 Å². The first kappa shape index (κ1) is 23.8. The number of hydrogen-bond donors (Lipinski definition) is 3. The zero-order valence-corrected chi connectivity index (χ0v) is 19.9. The van der Waals surface area contributed by atoms with Crippen LogP contribution in [0.1, 0.15) is 63.5 Å². The number of carboxylic acids is 1. The summed E-state index contributed by atoms with van der Waals surface area (Å²) < 4.78 is 5.60. The molecule has 34 heavy (non-hydrogen) atoms. The smallest absolute Gasteiger partial charge is 0.407 e. The maximum atomic E-state index is 12.9. The van der Waals surface area contributed by atoms with Gasteiger partial charge in [0, 0.05) is 5.92 Å². The average molecular weight is 465 g/mol. The highest BCUT2D eigenvalue weighted by molar-refractivity contribution is 5.93. The largest absolute Gasteiger partial charge is 0.480 e. The fraction of sp³-hybridized carbons (Fsp3) is 0.444. The fourth-order valence-electron chi connectivity index (χ4n) is 4.47. The van der Waals surface area contributed by atoms with E-state index in [4.69, 9.17) is 4.74 Å². The van der Waals surface area contributed by atoms with E-state index in [2.05, 4.69) is 43.5 Å². The lowest BCUT2D eigenvalue weighted by Gasteiger charge is -2.25. The Hall–Kier alpha value is -3.35. The molecule has 0 heterocycles. The van der Waals surface area contributed by atoms with Gasteiger partial charge >= 0.3 is 12.1 Å². The molecule has 0 bridgehead atoms. The van der Waals surface area contributed by atoms with Gasteiger partial charge in [-0.3, -0.25) is 4.79 Å². The fourth-order valence-corrected chi connectivity index (χ4v) is 4.47. The summed E-state index contributed by atoms with van der Waals surface area (Å²) in [6.45, 7) is 6.30. The highest BCUT2D eigenvalue weighted by atomic mass is 16.5. The van der Waals surface area contributed by atoms with Crippen molar-refractivity contribution in [3.63, 3.8) is 0 Å². The van der Waals surface area contributed by atoms with Crippen LogP contribution >= 0.6 is 0 Å². The third kappa shape index (κ3) is 5.08. The highest BCUT2D eigenvalue weighted by Gasteiger charge is 2.52. The van der Waals surface area contributed by atoms with Gasteiger partial charge in [-0.2, -0.15) is 0 Å². The number of amides is 2. The first-order chi connectivity index (χ1) is 16.1. The van der Waals surface area contributed by atoms with Crippen LogP contribution < -0.4 is 10.6 Å². The Balaban J connectivity index is 1.42. The van der Waals surface area contributed by atoms with Crippen LogP contribution in [0.5, 0.6) is 0 Å². The molecule has 0 spiro atoms. The van der Waals surface area contributed by atoms with Crippen molar-refractivity contribution in [1.82, 2.24) is 10.6 Å². The van der Waals surface area contributed by atoms with E-state index >= 15 is 0 Å². The molecule has 2 aromatic rings. The minimum absolute atomic E-state index is 0.0502. The molecule has 0 aromatic heterocycles. The standard InChI is InChI=1S/C27H32N2O5/c1-26(2,3)13-12-22(23(30)29-27(14-15-27)24(31)32)28-25(33)34-16-21-19-10-6-4-8-17(19)18-9-5-7-11-20(18)21/h4-11,21-22H,12-16H2,1-3H3,(H,28,33)(H,29,30)(H,31,32). The predicted octanol–water partition coefficient (Wildman–Crippen LogP) is 4.45. The minimum atomic E-state index is -1.21. The summed E-state index contributed by atoms with van der Waals surface area (Å²) in [4.78, 5) is 37.2. The first-order valence-corrected chi connectivity index (χ1v) is 11.8. The molecule has 0 saturated heterocycles. The van der Waals surface area contributed by atoms with Crippen molar-refractivity contribution in [2.45, 2.75) is 64.0 Å². The molecule has 1 atom stereocenters. The van der Waals surface area contributed by atoms with Crippen molar-refractivity contribution in [3.05, 3.63) is 59.7 Å². The molecule has 2 amide bonds. The molecule has 0 aliphatic heterocycles. The normalized spacial score (nSPS) is 16.7. The molecule has 1 unspecified atom stereocenters. The SMILES string of the molecule is CC(C)(C)CCC(NC(=O)OCC1c2ccccc2-c2ccccc21)C(=O)NC1(C(=O)O)CC1. The molecule has 3 N–H and O–H groups in total. The Kier molecular flexibility index (Phi) is 6.39. The van der Waals surface area contributed by atoms with Crippen molar-refractivity contribution in [2.75, 3.05) is 6.61 Å². The zero-order chi connectivity index (χ0) is 24.5. The Labute approximate surface area is 199 Å². The van der Waals surface area contributed by atoms with Crippen molar-refractivity contribution in [2.24, 2.45) is 5.41 Å². The number of hydrogen-bond acceptors (Lipinski definition) is 4. The molecule has 1 saturated carbocycles. The molecular weight excluding hydrogens is 432 g/mol. The summed E-state index contributed by atoms with van der Waals surface area (Å²) in [6, 6.07) is 15.3. The van der Waals surface area contributed by atoms with Gasteiger partial charge in [0.1, 0.15) is 18.2 Å². The van der Waals surface area contributed by atoms with Crippen LogP contribution in [0.25, 0.3) is 11.1 Å². The summed E-state index contributed by atoms with van der Waals surface area (Å²) >= 11 is 0. The van der Waals surface area contributed by atoms with Crippen molar-refractivity contribution in [3.8, 4) is 11.1 Å². The molecule has 2 aliphatic carbocycles. The number of rotatable bonds is 8. The Morgan fingerprint density at radius 3 is 2.09 bits per heavy atom. The third-order valence-corrected chi connectivity index (χ3v) is 6.66. The van der Waals surface area contributed by atoms with E-state index < -0.39 is 29.6 Å². The van der Waals surface area contributed by atoms with E-state index in [9.17, 15) is 19.5 Å². The van der Waals surface area contributed by atoms with Gasteiger partial charge in [-0.05, 0) is 53.4 Å². The summed E-state index contributed by atoms with van der Waals surface area (Å²) in [7, 11) is 0. The minimum Gasteiger partial charge on any atom is -0.480 e. The lowest BCUT2D eigenvalue weighted by Crippen LogP contribution is -2.53. The third-order valence-electron chi connectivity index (χ3n) is 6.66. The second-order valence-electron chi connectivity index (χ2n) is 10.5. The van der Waals surface area contributed by atoms with Crippen LogP contribution in [0.4, 0.5) is 4.79 Å². The van der Waals surface area contributed by atoms with E-state index in [0.717, 1.165) is 22.3 Å². The molecule has 7 nitrogen and oxygen atoms in total. The number of benzene rings is 2. The van der Waals surface area contributed by atoms with Crippen LogP contribution in [0.3, 0.4) is 0 Å². The van der Waals surface area contributed by atoms with Crippen molar-refractivity contribution >= 4 is 18.0 Å². The number of carboxylic acid groups (broad SMARTS) is 1. The maximum absolute atomic E-state index is 12.9. The van der Waals surface area contributed by atoms with E-state index in [0.29, 0.717) is 25.7 Å². The molecule has 7 heteroatoms. The summed E-state index contributed by atoms with van der Waals surface area (Å²) in [6.07, 6.45) is 1.16. The molecule has 180 valence electrons. The van der Waals surface area contributed by atoms with Gasteiger partial charge in [-0.1, -0.05) is 69.3 Å². The molecule has 1 fully saturated rings. The van der Waals surface area contributed by atoms with Crippen LogP contribution in [0, 0.1) is 5.41 Å². The highest BCUT2D eigenvalue weighted by Crippen LogP contribution is 2.44. The predicted molar refractivity (Wildman–Crippen MR) is 128 cm³/mol. The summed E-state index contributed by atoms with van der Waals surface area (Å²) in [5, 5.41) is 14.7. The van der Waals surface area contributed by atoms with E-state index in [1.54, 1.807) is 0 Å². The topological polar surface area (TPSA) is 105 Å². The number of aliphatic carboxylic acids is 1. The van der Waals surface area contributed by atoms with Gasteiger partial charge in [-0.15, -0.1) is 0 Å². The summed E-state index contributed by atoms with van der Waals surface area (Å²) in [5.74, 6) is -1.61. The van der Waals surface area contributed by atoms with Gasteiger partial charge in [0.2, 0.25) is 5.91 Å². The first-order valence-electron chi connectivity index (χ1n) is 11.8. The van der Waals surface area contributed by atoms with E-state index in [-0.39, 0.29) is 17.9 Å². The van der Waals surface area contributed by atoms with Crippen LogP contribution in [0.2, 0.25) is 0 Å². The summed E-state index contributed by atoms with van der Waals surface area (Å²) in [5.41, 5.74) is 3.23. The number of fused-ring (bicyclic) bond motifs is 3. The van der Waals surface area contributed by atoms with Gasteiger partial charge in [0.05, 0.1) is 0 Å². The molecule has 2 aromatic carbocycles. The second kappa shape index (κ2) is 9.12. The maximum Gasteiger partial charge on any atom is 0.407 e. The second-order valence-corrected chi connectivity index (χ2v) is 10.5. The monoisotopic (exact) mass is 464 g/mol. The van der Waals surface area contributed by atoms with E-state index in [1.165, 1.54) is 0 Å². The lowest BCUT2D eigenvalue weighted by atomic mass is 9.88. The molecule has 4 rings (SSSR count). The van der Waals surface area contributed by atoms with Crippen LogP contribution in [-0.2, 0) is 14.3 Å². The van der Waals surface area contributed by atoms with E-state index in [1.807, 2.05) is 36.4 Å². The zero-order valence-electron chi connectivity index (χ0n) is 19.9. The lowest BCUT2D eigenvalue weighted by molar-refractivity contribution is -0.143. The van der Waals surface area contributed by atoms with Crippen LogP contribution in [-0.4, -0.2) is 41.3 Å². The molecular formula is C27H32N2O5. The molecule has 0 radical (unpaired) electrons. The number of nitrogens with one attached hydrogen (secondary N) is 2. The average Bonchev–Trinajstić information content (AvgIpc) is 3.50. The van der Waals surface area contributed by atoms with Gasteiger partial charge in [0.25, 0.3) is 0 Å². The van der Waals surface area contributed by atoms with Crippen molar-refractivity contribution in [1.29, 1.82) is 0 Å². The Morgan fingerprint density at radius 1 is 1.03 bits per heavy atom. The van der Waals surface area contributed by atoms with Gasteiger partial charge in [-0.25, -0.2) is 9.59 Å². The Bertz CT molecular complexity index is 1050. The van der Waals surface area contributed by atoms with Gasteiger partial charge < -0.3 is 20.5 Å². The van der Waals surface area contributed by atoms with Gasteiger partial charge in [0.15, 0.2) is 0 Å². The number of carbonyl (C=O) groups excluding carboxylic acids is 2.